The van der Waals surface area contributed by atoms with Gasteiger partial charge in [0, 0.05) is 33.4 Å². The van der Waals surface area contributed by atoms with E-state index < -0.39 is 0 Å². The van der Waals surface area contributed by atoms with Crippen molar-refractivity contribution in [3.8, 4) is 50.2 Å². The Hall–Kier alpha value is -6.64. The van der Waals surface area contributed by atoms with Gasteiger partial charge in [-0.05, 0) is 93.5 Å². The Morgan fingerprint density at radius 1 is 0.320 bits per heavy atom. The first-order valence-electron chi connectivity index (χ1n) is 17.1. The van der Waals surface area contributed by atoms with Gasteiger partial charge in [-0.3, -0.25) is 0 Å². The number of rotatable bonds is 7. The van der Waals surface area contributed by atoms with E-state index in [0.29, 0.717) is 0 Å². The maximum Gasteiger partial charge on any atom is 0.0541 e. The van der Waals surface area contributed by atoms with Crippen LogP contribution in [-0.4, -0.2) is 4.57 Å². The van der Waals surface area contributed by atoms with Crippen LogP contribution in [0.25, 0.3) is 72.0 Å². The van der Waals surface area contributed by atoms with E-state index in [1.165, 1.54) is 66.3 Å². The molecule has 0 radical (unpaired) electrons. The van der Waals surface area contributed by atoms with Crippen molar-refractivity contribution < 1.29 is 0 Å². The van der Waals surface area contributed by atoms with Gasteiger partial charge in [0.25, 0.3) is 0 Å². The first-order chi connectivity index (χ1) is 24.8. The lowest BCUT2D eigenvalue weighted by atomic mass is 9.96. The van der Waals surface area contributed by atoms with Gasteiger partial charge in [0.2, 0.25) is 0 Å². The molecule has 1 aromatic heterocycles. The van der Waals surface area contributed by atoms with Gasteiger partial charge < -0.3 is 9.88 Å². The van der Waals surface area contributed by atoms with E-state index in [2.05, 4.69) is 204 Å². The third kappa shape index (κ3) is 5.53. The number of nitrogens with one attached hydrogen (secondary N) is 1. The molecule has 9 aromatic rings. The molecule has 0 atom stereocenters. The molecule has 0 saturated heterocycles. The first-order valence-corrected chi connectivity index (χ1v) is 17.1. The Labute approximate surface area is 292 Å². The maximum atomic E-state index is 3.65. The molecule has 0 saturated carbocycles. The summed E-state index contributed by atoms with van der Waals surface area (Å²) in [5.74, 6) is 0. The Morgan fingerprint density at radius 3 is 1.60 bits per heavy atom. The van der Waals surface area contributed by atoms with Crippen LogP contribution in [0.5, 0.6) is 0 Å². The number of anilines is 2. The Balaban J connectivity index is 1.12. The van der Waals surface area contributed by atoms with E-state index in [1.54, 1.807) is 0 Å². The van der Waals surface area contributed by atoms with E-state index in [4.69, 9.17) is 0 Å². The van der Waals surface area contributed by atoms with Crippen molar-refractivity contribution in [2.24, 2.45) is 0 Å². The number of fused-ring (bicyclic) bond motifs is 3. The molecular weight excluding hydrogens is 605 g/mol. The monoisotopic (exact) mass is 638 g/mol. The minimum Gasteiger partial charge on any atom is -0.355 e. The van der Waals surface area contributed by atoms with Gasteiger partial charge >= 0.3 is 0 Å². The summed E-state index contributed by atoms with van der Waals surface area (Å²) < 4.78 is 2.40. The smallest absolute Gasteiger partial charge is 0.0541 e. The third-order valence-corrected chi connectivity index (χ3v) is 9.59. The summed E-state index contributed by atoms with van der Waals surface area (Å²) in [5.41, 5.74) is 15.3. The molecule has 236 valence electrons. The van der Waals surface area contributed by atoms with Gasteiger partial charge in [-0.1, -0.05) is 146 Å². The summed E-state index contributed by atoms with van der Waals surface area (Å²) in [6, 6.07) is 71.7. The number of nitrogens with zero attached hydrogens (tertiary/aromatic N) is 1. The van der Waals surface area contributed by atoms with Crippen molar-refractivity contribution in [3.63, 3.8) is 0 Å². The van der Waals surface area contributed by atoms with Crippen LogP contribution < -0.4 is 5.32 Å². The summed E-state index contributed by atoms with van der Waals surface area (Å²) in [7, 11) is 0. The predicted molar refractivity (Wildman–Crippen MR) is 212 cm³/mol. The quantitative estimate of drug-likeness (QED) is 0.184. The molecule has 0 fully saturated rings. The van der Waals surface area contributed by atoms with Crippen molar-refractivity contribution in [2.45, 2.75) is 0 Å². The molecule has 2 nitrogen and oxygen atoms in total. The average molecular weight is 639 g/mol. The van der Waals surface area contributed by atoms with E-state index in [-0.39, 0.29) is 0 Å². The fourth-order valence-electron chi connectivity index (χ4n) is 7.11. The van der Waals surface area contributed by atoms with Crippen LogP contribution in [-0.2, 0) is 0 Å². The summed E-state index contributed by atoms with van der Waals surface area (Å²) in [5, 5.41) is 6.13. The van der Waals surface area contributed by atoms with Gasteiger partial charge in [-0.2, -0.15) is 0 Å². The molecule has 0 amide bonds. The number of para-hydroxylation sites is 2. The largest absolute Gasteiger partial charge is 0.355 e. The van der Waals surface area contributed by atoms with Crippen molar-refractivity contribution in [1.29, 1.82) is 0 Å². The van der Waals surface area contributed by atoms with Crippen LogP contribution in [0, 0.1) is 0 Å². The van der Waals surface area contributed by atoms with E-state index >= 15 is 0 Å². The van der Waals surface area contributed by atoms with Crippen LogP contribution in [0.4, 0.5) is 11.4 Å². The highest BCUT2D eigenvalue weighted by atomic mass is 15.0. The molecule has 1 N–H and O–H groups in total. The minimum atomic E-state index is 1.07. The molecule has 0 spiro atoms. The SMILES string of the molecule is c1ccc(Nc2ccc(-c3ccc4c(c3)c3ccccc3n4-c3cccc(-c4ccc(-c5ccccc5)cc4)c3)cc2-c2ccccc2)cc1. The molecule has 0 aliphatic rings. The first kappa shape index (κ1) is 29.5. The molecule has 9 rings (SSSR count). The highest BCUT2D eigenvalue weighted by Crippen LogP contribution is 2.39. The zero-order valence-electron chi connectivity index (χ0n) is 27.5. The lowest BCUT2D eigenvalue weighted by Gasteiger charge is -2.15. The van der Waals surface area contributed by atoms with E-state index in [1.807, 2.05) is 6.07 Å². The van der Waals surface area contributed by atoms with E-state index in [9.17, 15) is 0 Å². The minimum absolute atomic E-state index is 1.07. The topological polar surface area (TPSA) is 17.0 Å². The van der Waals surface area contributed by atoms with Crippen LogP contribution in [0.15, 0.2) is 200 Å². The molecule has 2 heteroatoms. The highest BCUT2D eigenvalue weighted by molar-refractivity contribution is 6.10. The maximum absolute atomic E-state index is 3.65. The molecule has 0 unspecified atom stereocenters. The lowest BCUT2D eigenvalue weighted by molar-refractivity contribution is 1.18. The average Bonchev–Trinajstić information content (AvgIpc) is 3.53. The fourth-order valence-corrected chi connectivity index (χ4v) is 7.11. The van der Waals surface area contributed by atoms with Gasteiger partial charge in [0.1, 0.15) is 0 Å². The Bertz CT molecular complexity index is 2580. The van der Waals surface area contributed by atoms with Gasteiger partial charge in [-0.25, -0.2) is 0 Å². The number of benzene rings is 8. The van der Waals surface area contributed by atoms with Crippen LogP contribution >= 0.6 is 0 Å². The lowest BCUT2D eigenvalue weighted by Crippen LogP contribution is -1.95. The Kier molecular flexibility index (Phi) is 7.53. The standard InChI is InChI=1S/C48H34N2/c1-4-13-34(14-5-1)35-23-25-36(26-24-35)38-17-12-20-42(31-38)50-47-22-11-10-21-43(47)45-33-40(28-30-48(45)50)39-27-29-46(49-41-18-8-3-9-19-41)44(32-39)37-15-6-2-7-16-37/h1-33,49H. The molecule has 0 aliphatic heterocycles. The second kappa shape index (κ2) is 12.8. The number of hydrogen-bond acceptors (Lipinski definition) is 1. The second-order valence-corrected chi connectivity index (χ2v) is 12.7. The highest BCUT2D eigenvalue weighted by Gasteiger charge is 2.15. The molecular formula is C48H34N2. The Morgan fingerprint density at radius 2 is 0.840 bits per heavy atom. The normalized spacial score (nSPS) is 11.2. The number of aromatic nitrogens is 1. The van der Waals surface area contributed by atoms with E-state index in [0.717, 1.165) is 17.1 Å². The summed E-state index contributed by atoms with van der Waals surface area (Å²) in [6.45, 7) is 0. The van der Waals surface area contributed by atoms with Crippen molar-refractivity contribution in [3.05, 3.63) is 200 Å². The summed E-state index contributed by atoms with van der Waals surface area (Å²) in [6.07, 6.45) is 0. The molecule has 0 bridgehead atoms. The summed E-state index contributed by atoms with van der Waals surface area (Å²) >= 11 is 0. The third-order valence-electron chi connectivity index (χ3n) is 9.59. The molecule has 1 heterocycles. The van der Waals surface area contributed by atoms with Crippen LogP contribution in [0.3, 0.4) is 0 Å². The zero-order chi connectivity index (χ0) is 33.3. The molecule has 0 aliphatic carbocycles. The predicted octanol–water partition coefficient (Wildman–Crippen LogP) is 13.2. The van der Waals surface area contributed by atoms with Crippen LogP contribution in [0.2, 0.25) is 0 Å². The van der Waals surface area contributed by atoms with Crippen molar-refractivity contribution in [2.75, 3.05) is 5.32 Å². The molecule has 50 heavy (non-hydrogen) atoms. The number of hydrogen-bond donors (Lipinski definition) is 1. The molecule has 8 aromatic carbocycles. The van der Waals surface area contributed by atoms with Crippen molar-refractivity contribution >= 4 is 33.2 Å². The van der Waals surface area contributed by atoms with Crippen LogP contribution in [0.1, 0.15) is 0 Å². The summed E-state index contributed by atoms with van der Waals surface area (Å²) in [4.78, 5) is 0. The van der Waals surface area contributed by atoms with Gasteiger partial charge in [-0.15, -0.1) is 0 Å². The van der Waals surface area contributed by atoms with Gasteiger partial charge in [0.15, 0.2) is 0 Å². The fraction of sp³-hybridized carbons (Fsp3) is 0. The zero-order valence-corrected chi connectivity index (χ0v) is 27.5. The van der Waals surface area contributed by atoms with Gasteiger partial charge in [0.05, 0.1) is 11.0 Å². The second-order valence-electron chi connectivity index (χ2n) is 12.7. The van der Waals surface area contributed by atoms with Crippen molar-refractivity contribution in [1.82, 2.24) is 4.57 Å².